The van der Waals surface area contributed by atoms with E-state index >= 15 is 0 Å². The molecule has 3 aromatic carbocycles. The van der Waals surface area contributed by atoms with E-state index in [-0.39, 0.29) is 10.9 Å². The molecule has 6 heteroatoms. The highest BCUT2D eigenvalue weighted by Gasteiger charge is 2.38. The lowest BCUT2D eigenvalue weighted by Gasteiger charge is -2.45. The van der Waals surface area contributed by atoms with Gasteiger partial charge in [0.25, 0.3) is 10.0 Å². The van der Waals surface area contributed by atoms with Crippen LogP contribution in [0.5, 0.6) is 0 Å². The first-order chi connectivity index (χ1) is 17.4. The molecule has 0 spiro atoms. The maximum Gasteiger partial charge on any atom is 0.264 e. The lowest BCUT2D eigenvalue weighted by atomic mass is 9.78. The SMILES string of the molecule is Cc1ccc(N(C2CCN([C@@H]3CCCC[C@@H]3c3ccccc3)CC2)S(=O)(=O)c2ccc(Cl)cc2)cc1. The third kappa shape index (κ3) is 5.34. The van der Waals surface area contributed by atoms with Gasteiger partial charge in [-0.15, -0.1) is 0 Å². The van der Waals surface area contributed by atoms with Crippen LogP contribution in [0.4, 0.5) is 5.69 Å². The zero-order valence-corrected chi connectivity index (χ0v) is 22.5. The predicted octanol–water partition coefficient (Wildman–Crippen LogP) is 7.03. The van der Waals surface area contributed by atoms with Crippen molar-refractivity contribution < 1.29 is 8.42 Å². The lowest BCUT2D eigenvalue weighted by Crippen LogP contribution is -2.51. The average molecular weight is 523 g/mol. The molecule has 0 amide bonds. The summed E-state index contributed by atoms with van der Waals surface area (Å²) in [6.07, 6.45) is 6.64. The van der Waals surface area contributed by atoms with Gasteiger partial charge < -0.3 is 0 Å². The molecule has 1 aliphatic carbocycles. The van der Waals surface area contributed by atoms with E-state index in [1.54, 1.807) is 28.6 Å². The van der Waals surface area contributed by atoms with Crippen LogP contribution in [0.2, 0.25) is 5.02 Å². The largest absolute Gasteiger partial charge is 0.300 e. The molecule has 0 N–H and O–H groups in total. The molecule has 2 fully saturated rings. The van der Waals surface area contributed by atoms with Gasteiger partial charge in [0.2, 0.25) is 0 Å². The Kier molecular flexibility index (Phi) is 7.71. The van der Waals surface area contributed by atoms with E-state index in [1.165, 1.54) is 31.2 Å². The van der Waals surface area contributed by atoms with Crippen molar-refractivity contribution in [1.29, 1.82) is 0 Å². The fraction of sp³-hybridized carbons (Fsp3) is 0.400. The normalized spacial score (nSPS) is 21.8. The summed E-state index contributed by atoms with van der Waals surface area (Å²) >= 11 is 6.06. The molecule has 3 aromatic rings. The van der Waals surface area contributed by atoms with Gasteiger partial charge in [-0.3, -0.25) is 9.21 Å². The summed E-state index contributed by atoms with van der Waals surface area (Å²) in [5.41, 5.74) is 3.28. The van der Waals surface area contributed by atoms with E-state index in [4.69, 9.17) is 11.6 Å². The van der Waals surface area contributed by atoms with E-state index in [0.29, 0.717) is 17.0 Å². The molecule has 190 valence electrons. The first-order valence-electron chi connectivity index (χ1n) is 13.1. The molecule has 4 nitrogen and oxygen atoms in total. The first-order valence-corrected chi connectivity index (χ1v) is 14.9. The van der Waals surface area contributed by atoms with Gasteiger partial charge in [-0.05, 0) is 80.5 Å². The van der Waals surface area contributed by atoms with Gasteiger partial charge in [0.1, 0.15) is 0 Å². The quantitative estimate of drug-likeness (QED) is 0.349. The molecule has 1 saturated carbocycles. The molecule has 0 radical (unpaired) electrons. The van der Waals surface area contributed by atoms with Crippen molar-refractivity contribution in [1.82, 2.24) is 4.90 Å². The molecule has 36 heavy (non-hydrogen) atoms. The number of anilines is 1. The Morgan fingerprint density at radius 3 is 2.11 bits per heavy atom. The maximum absolute atomic E-state index is 13.9. The standard InChI is InChI=1S/C30H35ClN2O2S/c1-23-11-15-26(16-12-23)33(36(34,35)28-17-13-25(31)14-18-28)27-19-21-32(22-20-27)30-10-6-5-9-29(30)24-7-3-2-4-8-24/h2-4,7-8,11-18,27,29-30H,5-6,9-10,19-22H2,1H3/t29-,30-/m1/s1. The van der Waals surface area contributed by atoms with Gasteiger partial charge in [-0.2, -0.15) is 0 Å². The van der Waals surface area contributed by atoms with Crippen molar-refractivity contribution in [2.24, 2.45) is 0 Å². The summed E-state index contributed by atoms with van der Waals surface area (Å²) in [4.78, 5) is 2.92. The monoisotopic (exact) mass is 522 g/mol. The Hall–Kier alpha value is -2.34. The zero-order chi connectivity index (χ0) is 25.1. The molecule has 1 aliphatic heterocycles. The highest BCUT2D eigenvalue weighted by atomic mass is 35.5. The summed E-state index contributed by atoms with van der Waals surface area (Å²) in [5.74, 6) is 0.558. The van der Waals surface area contributed by atoms with E-state index in [1.807, 2.05) is 31.2 Å². The van der Waals surface area contributed by atoms with Gasteiger partial charge in [0.05, 0.1) is 10.6 Å². The van der Waals surface area contributed by atoms with Crippen LogP contribution in [0.3, 0.4) is 0 Å². The Bertz CT molecular complexity index is 1240. The van der Waals surface area contributed by atoms with Crippen LogP contribution in [-0.4, -0.2) is 38.5 Å². The number of likely N-dealkylation sites (tertiary alicyclic amines) is 1. The molecule has 2 aliphatic rings. The minimum absolute atomic E-state index is 0.0802. The van der Waals surface area contributed by atoms with Crippen LogP contribution < -0.4 is 4.31 Å². The van der Waals surface area contributed by atoms with Crippen molar-refractivity contribution in [3.8, 4) is 0 Å². The number of aryl methyl sites for hydroxylation is 1. The number of halogens is 1. The Morgan fingerprint density at radius 2 is 1.44 bits per heavy atom. The Morgan fingerprint density at radius 1 is 0.806 bits per heavy atom. The summed E-state index contributed by atoms with van der Waals surface area (Å²) < 4.78 is 29.5. The maximum atomic E-state index is 13.9. The molecule has 1 saturated heterocycles. The van der Waals surface area contributed by atoms with Crippen molar-refractivity contribution in [3.63, 3.8) is 0 Å². The fourth-order valence-electron chi connectivity index (χ4n) is 6.05. The van der Waals surface area contributed by atoms with Crippen LogP contribution in [0.15, 0.2) is 83.8 Å². The molecular formula is C30H35ClN2O2S. The number of hydrogen-bond donors (Lipinski definition) is 0. The molecule has 0 unspecified atom stereocenters. The average Bonchev–Trinajstić information content (AvgIpc) is 2.91. The third-order valence-electron chi connectivity index (χ3n) is 7.92. The third-order valence-corrected chi connectivity index (χ3v) is 10.1. The van der Waals surface area contributed by atoms with Crippen LogP contribution in [-0.2, 0) is 10.0 Å². The van der Waals surface area contributed by atoms with E-state index in [2.05, 4.69) is 35.2 Å². The predicted molar refractivity (Wildman–Crippen MR) is 148 cm³/mol. The molecular weight excluding hydrogens is 488 g/mol. The molecule has 2 atom stereocenters. The smallest absolute Gasteiger partial charge is 0.264 e. The zero-order valence-electron chi connectivity index (χ0n) is 20.9. The number of benzene rings is 3. The summed E-state index contributed by atoms with van der Waals surface area (Å²) in [5, 5.41) is 0.532. The Balaban J connectivity index is 1.39. The van der Waals surface area contributed by atoms with E-state index in [9.17, 15) is 8.42 Å². The number of nitrogens with zero attached hydrogens (tertiary/aromatic N) is 2. The number of piperidine rings is 1. The highest BCUT2D eigenvalue weighted by molar-refractivity contribution is 7.92. The topological polar surface area (TPSA) is 40.6 Å². The minimum Gasteiger partial charge on any atom is -0.300 e. The summed E-state index contributed by atoms with van der Waals surface area (Å²) in [7, 11) is -3.72. The molecule has 0 bridgehead atoms. The van der Waals surface area contributed by atoms with Crippen molar-refractivity contribution in [2.75, 3.05) is 17.4 Å². The molecule has 1 heterocycles. The Labute approximate surface area is 220 Å². The minimum atomic E-state index is -3.72. The van der Waals surface area contributed by atoms with Crippen LogP contribution >= 0.6 is 11.6 Å². The van der Waals surface area contributed by atoms with Crippen LogP contribution in [0.1, 0.15) is 55.6 Å². The van der Waals surface area contributed by atoms with Crippen molar-refractivity contribution >= 4 is 27.3 Å². The highest BCUT2D eigenvalue weighted by Crippen LogP contribution is 2.38. The number of sulfonamides is 1. The van der Waals surface area contributed by atoms with Crippen molar-refractivity contribution in [2.45, 2.75) is 68.3 Å². The molecule has 0 aromatic heterocycles. The second kappa shape index (κ2) is 11.0. The van der Waals surface area contributed by atoms with Crippen molar-refractivity contribution in [3.05, 3.63) is 95.0 Å². The van der Waals surface area contributed by atoms with Crippen LogP contribution in [0.25, 0.3) is 0 Å². The summed E-state index contributed by atoms with van der Waals surface area (Å²) in [6, 6.07) is 25.7. The number of rotatable bonds is 6. The number of hydrogen-bond acceptors (Lipinski definition) is 3. The fourth-order valence-corrected chi connectivity index (χ4v) is 7.88. The van der Waals surface area contributed by atoms with Gasteiger partial charge in [-0.1, -0.05) is 72.5 Å². The van der Waals surface area contributed by atoms with Gasteiger partial charge in [0.15, 0.2) is 0 Å². The van der Waals surface area contributed by atoms with Gasteiger partial charge >= 0.3 is 0 Å². The first kappa shape index (κ1) is 25.3. The van der Waals surface area contributed by atoms with Gasteiger partial charge in [-0.25, -0.2) is 8.42 Å². The second-order valence-corrected chi connectivity index (χ2v) is 12.5. The van der Waals surface area contributed by atoms with Gasteiger partial charge in [0, 0.05) is 30.2 Å². The molecule has 5 rings (SSSR count). The lowest BCUT2D eigenvalue weighted by molar-refractivity contribution is 0.107. The second-order valence-electron chi connectivity index (χ2n) is 10.2. The van der Waals surface area contributed by atoms with Crippen LogP contribution in [0, 0.1) is 6.92 Å². The van der Waals surface area contributed by atoms with E-state index < -0.39 is 10.0 Å². The summed E-state index contributed by atoms with van der Waals surface area (Å²) in [6.45, 7) is 3.85. The van der Waals surface area contributed by atoms with E-state index in [0.717, 1.165) is 37.2 Å².